The van der Waals surface area contributed by atoms with E-state index in [0.29, 0.717) is 6.04 Å². The molecule has 1 aromatic rings. The lowest BCUT2D eigenvalue weighted by atomic mass is 9.96. The van der Waals surface area contributed by atoms with Crippen molar-refractivity contribution >= 4 is 0 Å². The predicted octanol–water partition coefficient (Wildman–Crippen LogP) is 2.33. The Kier molecular flexibility index (Phi) is 5.01. The van der Waals surface area contributed by atoms with Crippen molar-refractivity contribution in [2.45, 2.75) is 76.8 Å². The van der Waals surface area contributed by atoms with Crippen LogP contribution in [0, 0.1) is 5.92 Å². The Morgan fingerprint density at radius 3 is 2.75 bits per heavy atom. The Morgan fingerprint density at radius 2 is 1.90 bits per heavy atom. The van der Waals surface area contributed by atoms with Crippen LogP contribution in [0.4, 0.5) is 0 Å². The van der Waals surface area contributed by atoms with Gasteiger partial charge in [0.15, 0.2) is 5.82 Å². The number of aromatic nitrogens is 4. The average molecular weight is 277 g/mol. The fraction of sp³-hybridized carbons (Fsp3) is 0.933. The highest BCUT2D eigenvalue weighted by Crippen LogP contribution is 2.25. The van der Waals surface area contributed by atoms with Crippen molar-refractivity contribution in [3.63, 3.8) is 0 Å². The van der Waals surface area contributed by atoms with E-state index in [1.165, 1.54) is 57.9 Å². The molecule has 1 aliphatic heterocycles. The summed E-state index contributed by atoms with van der Waals surface area (Å²) < 4.78 is 1.97. The maximum absolute atomic E-state index is 4.09. The maximum Gasteiger partial charge on any atom is 0.151 e. The molecule has 1 aromatic heterocycles. The molecule has 112 valence electrons. The van der Waals surface area contributed by atoms with Gasteiger partial charge in [-0.3, -0.25) is 0 Å². The molecular formula is C15H27N5. The summed E-state index contributed by atoms with van der Waals surface area (Å²) in [6.45, 7) is 2.15. The molecule has 1 unspecified atom stereocenters. The molecule has 0 aromatic carbocycles. The topological polar surface area (TPSA) is 55.6 Å². The Bertz CT molecular complexity index is 372. The molecule has 2 heterocycles. The maximum atomic E-state index is 4.09. The Balaban J connectivity index is 1.37. The number of nitrogens with zero attached hydrogens (tertiary/aromatic N) is 4. The van der Waals surface area contributed by atoms with Crippen LogP contribution in [0.3, 0.4) is 0 Å². The predicted molar refractivity (Wildman–Crippen MR) is 78.4 cm³/mol. The second kappa shape index (κ2) is 7.16. The number of hydrogen-bond acceptors (Lipinski definition) is 4. The standard InChI is InChI=1S/C15H27N5/c1-2-4-6-13(5-3-1)9-11-16-14-7-8-15-17-18-19-20(15)12-10-14/h13-14,16H,1-12H2. The fourth-order valence-corrected chi connectivity index (χ4v) is 3.65. The molecule has 5 nitrogen and oxygen atoms in total. The van der Waals surface area contributed by atoms with E-state index in [1.807, 2.05) is 4.68 Å². The van der Waals surface area contributed by atoms with E-state index >= 15 is 0 Å². The van der Waals surface area contributed by atoms with Crippen LogP contribution >= 0.6 is 0 Å². The zero-order valence-corrected chi connectivity index (χ0v) is 12.4. The smallest absolute Gasteiger partial charge is 0.151 e. The van der Waals surface area contributed by atoms with E-state index in [4.69, 9.17) is 0 Å². The summed E-state index contributed by atoms with van der Waals surface area (Å²) in [4.78, 5) is 0. The highest BCUT2D eigenvalue weighted by Gasteiger charge is 2.18. The van der Waals surface area contributed by atoms with Gasteiger partial charge in [0.1, 0.15) is 0 Å². The SMILES string of the molecule is C1CCCC(CCNC2CCc3nnnn3CC2)CC1. The first-order valence-corrected chi connectivity index (χ1v) is 8.40. The zero-order chi connectivity index (χ0) is 13.6. The van der Waals surface area contributed by atoms with E-state index in [-0.39, 0.29) is 0 Å². The van der Waals surface area contributed by atoms with Crippen molar-refractivity contribution < 1.29 is 0 Å². The average Bonchev–Trinajstić information content (AvgIpc) is 2.66. The molecule has 1 saturated carbocycles. The molecule has 1 N–H and O–H groups in total. The van der Waals surface area contributed by atoms with E-state index in [2.05, 4.69) is 20.8 Å². The minimum Gasteiger partial charge on any atom is -0.314 e. The van der Waals surface area contributed by atoms with Gasteiger partial charge in [0.25, 0.3) is 0 Å². The lowest BCUT2D eigenvalue weighted by Crippen LogP contribution is -2.31. The summed E-state index contributed by atoms with van der Waals surface area (Å²) in [7, 11) is 0. The zero-order valence-electron chi connectivity index (χ0n) is 12.4. The van der Waals surface area contributed by atoms with Crippen LogP contribution in [0.5, 0.6) is 0 Å². The minimum atomic E-state index is 0.629. The first kappa shape index (κ1) is 14.0. The highest BCUT2D eigenvalue weighted by atomic mass is 15.5. The normalized spacial score (nSPS) is 24.9. The van der Waals surface area contributed by atoms with Crippen LogP contribution in [0.15, 0.2) is 0 Å². The van der Waals surface area contributed by atoms with Crippen LogP contribution in [0.1, 0.15) is 63.6 Å². The third kappa shape index (κ3) is 3.78. The third-order valence-corrected chi connectivity index (χ3v) is 4.97. The van der Waals surface area contributed by atoms with E-state index < -0.39 is 0 Å². The molecule has 1 fully saturated rings. The van der Waals surface area contributed by atoms with Crippen molar-refractivity contribution in [1.29, 1.82) is 0 Å². The van der Waals surface area contributed by atoms with Crippen LogP contribution < -0.4 is 5.32 Å². The highest BCUT2D eigenvalue weighted by molar-refractivity contribution is 4.87. The molecule has 2 aliphatic rings. The van der Waals surface area contributed by atoms with Crippen molar-refractivity contribution in [2.75, 3.05) is 6.54 Å². The lowest BCUT2D eigenvalue weighted by molar-refractivity contribution is 0.377. The van der Waals surface area contributed by atoms with Crippen molar-refractivity contribution in [2.24, 2.45) is 5.92 Å². The van der Waals surface area contributed by atoms with Crippen LogP contribution in [-0.2, 0) is 13.0 Å². The van der Waals surface area contributed by atoms with Gasteiger partial charge in [-0.05, 0) is 42.2 Å². The lowest BCUT2D eigenvalue weighted by Gasteiger charge is -2.19. The van der Waals surface area contributed by atoms with E-state index in [9.17, 15) is 0 Å². The van der Waals surface area contributed by atoms with Crippen LogP contribution in [0.25, 0.3) is 0 Å². The Labute approximate surface area is 121 Å². The number of rotatable bonds is 4. The number of tetrazole rings is 1. The summed E-state index contributed by atoms with van der Waals surface area (Å²) in [5, 5.41) is 15.6. The van der Waals surface area contributed by atoms with Crippen molar-refractivity contribution in [1.82, 2.24) is 25.5 Å². The van der Waals surface area contributed by atoms with Gasteiger partial charge in [0, 0.05) is 19.0 Å². The number of fused-ring (bicyclic) bond motifs is 1. The summed E-state index contributed by atoms with van der Waals surface area (Å²) in [5.74, 6) is 2.02. The molecule has 1 aliphatic carbocycles. The second-order valence-corrected chi connectivity index (χ2v) is 6.44. The van der Waals surface area contributed by atoms with Gasteiger partial charge >= 0.3 is 0 Å². The van der Waals surface area contributed by atoms with E-state index in [1.54, 1.807) is 0 Å². The molecule has 0 saturated heterocycles. The molecule has 20 heavy (non-hydrogen) atoms. The fourth-order valence-electron chi connectivity index (χ4n) is 3.65. The van der Waals surface area contributed by atoms with Gasteiger partial charge in [-0.1, -0.05) is 38.5 Å². The molecule has 5 heteroatoms. The first-order valence-electron chi connectivity index (χ1n) is 8.40. The molecule has 0 radical (unpaired) electrons. The van der Waals surface area contributed by atoms with Gasteiger partial charge in [-0.15, -0.1) is 5.10 Å². The summed E-state index contributed by atoms with van der Waals surface area (Å²) in [6.07, 6.45) is 13.4. The van der Waals surface area contributed by atoms with Crippen molar-refractivity contribution in [3.8, 4) is 0 Å². The van der Waals surface area contributed by atoms with Gasteiger partial charge in [0.2, 0.25) is 0 Å². The van der Waals surface area contributed by atoms with Gasteiger partial charge in [0.05, 0.1) is 0 Å². The van der Waals surface area contributed by atoms with Crippen molar-refractivity contribution in [3.05, 3.63) is 5.82 Å². The molecule has 1 atom stereocenters. The largest absolute Gasteiger partial charge is 0.314 e. The second-order valence-electron chi connectivity index (χ2n) is 6.44. The number of aryl methyl sites for hydroxylation is 2. The Hall–Kier alpha value is -0.970. The summed E-state index contributed by atoms with van der Waals surface area (Å²) in [6, 6.07) is 0.629. The molecule has 0 spiro atoms. The minimum absolute atomic E-state index is 0.629. The number of nitrogens with one attached hydrogen (secondary N) is 1. The van der Waals surface area contributed by atoms with Gasteiger partial charge in [-0.2, -0.15) is 0 Å². The number of hydrogen-bond donors (Lipinski definition) is 1. The molecule has 0 bridgehead atoms. The summed E-state index contributed by atoms with van der Waals surface area (Å²) in [5.41, 5.74) is 0. The molecular weight excluding hydrogens is 250 g/mol. The Morgan fingerprint density at radius 1 is 1.05 bits per heavy atom. The van der Waals surface area contributed by atoms with Crippen LogP contribution in [0.2, 0.25) is 0 Å². The summed E-state index contributed by atoms with van der Waals surface area (Å²) >= 11 is 0. The first-order chi connectivity index (χ1) is 9.92. The van der Waals surface area contributed by atoms with Gasteiger partial charge < -0.3 is 5.32 Å². The quantitative estimate of drug-likeness (QED) is 0.858. The van der Waals surface area contributed by atoms with Crippen LogP contribution in [-0.4, -0.2) is 32.8 Å². The molecule has 0 amide bonds. The molecule has 3 rings (SSSR count). The third-order valence-electron chi connectivity index (χ3n) is 4.97. The van der Waals surface area contributed by atoms with Gasteiger partial charge in [-0.25, -0.2) is 4.68 Å². The monoisotopic (exact) mass is 277 g/mol. The van der Waals surface area contributed by atoms with E-state index in [0.717, 1.165) is 31.1 Å².